The number of ether oxygens (including phenoxy) is 6. The number of methoxy groups -OCH3 is 2. The van der Waals surface area contributed by atoms with E-state index in [1.165, 1.54) is 26.4 Å². The van der Waals surface area contributed by atoms with Gasteiger partial charge in [-0.15, -0.1) is 0 Å². The minimum Gasteiger partial charge on any atom is -0.508 e. The Balaban J connectivity index is 1.67. The highest BCUT2D eigenvalue weighted by Crippen LogP contribution is 2.56. The predicted molar refractivity (Wildman–Crippen MR) is 141 cm³/mol. The standard InChI is InChI=1S/C28H34O15/c1-38-22-17(21-16(19(34)24(22)39-2)13(32)7-14(41-21)11-3-5-12(31)6-4-11)23-25(20(35)18(33)15(8-29)42-23)43-27-26(36)28(37,9-30)10-40-27/h3-6,14-15,18,20,23,25-27,29-31,33-37H,7-10H2,1-2H3. The van der Waals surface area contributed by atoms with E-state index in [0.29, 0.717) is 5.56 Å². The maximum absolute atomic E-state index is 13.5. The van der Waals surface area contributed by atoms with E-state index in [9.17, 15) is 45.6 Å². The number of phenolic OH excluding ortho intramolecular Hbond substituents is 2. The van der Waals surface area contributed by atoms with Crippen LogP contribution >= 0.6 is 0 Å². The third-order valence-electron chi connectivity index (χ3n) is 7.98. The number of hydrogen-bond acceptors (Lipinski definition) is 15. The van der Waals surface area contributed by atoms with E-state index in [0.717, 1.165) is 0 Å². The molecular weight excluding hydrogens is 576 g/mol. The first-order chi connectivity index (χ1) is 20.5. The van der Waals surface area contributed by atoms with Crippen LogP contribution in [0.5, 0.6) is 28.7 Å². The molecule has 9 atom stereocenters. The molecule has 5 rings (SSSR count). The van der Waals surface area contributed by atoms with E-state index in [4.69, 9.17) is 28.4 Å². The molecule has 2 saturated heterocycles. The molecule has 236 valence electrons. The molecule has 8 N–H and O–H groups in total. The average Bonchev–Trinajstić information content (AvgIpc) is 3.28. The number of aliphatic hydroxyl groups is 6. The van der Waals surface area contributed by atoms with Crippen LogP contribution in [0.4, 0.5) is 0 Å². The molecule has 9 unspecified atom stereocenters. The number of hydrogen-bond donors (Lipinski definition) is 8. The van der Waals surface area contributed by atoms with Crippen LogP contribution < -0.4 is 14.2 Å². The van der Waals surface area contributed by atoms with Crippen LogP contribution in [0.2, 0.25) is 0 Å². The molecule has 3 aliphatic rings. The SMILES string of the molecule is COc1c(O)c2c(c(C3OC(CO)C(O)C(O)C3OC3OCC(O)(CO)C3O)c1OC)OC(c1ccc(O)cc1)CC2=O. The smallest absolute Gasteiger partial charge is 0.204 e. The topological polar surface area (TPSA) is 234 Å². The molecule has 0 spiro atoms. The molecule has 2 aromatic rings. The molecular formula is C28H34O15. The lowest BCUT2D eigenvalue weighted by Gasteiger charge is -2.44. The summed E-state index contributed by atoms with van der Waals surface area (Å²) in [5, 5.41) is 83.3. The van der Waals surface area contributed by atoms with Gasteiger partial charge in [-0.3, -0.25) is 4.79 Å². The third kappa shape index (κ3) is 5.26. The Morgan fingerprint density at radius 2 is 1.67 bits per heavy atom. The number of phenols is 2. The number of aliphatic hydroxyl groups excluding tert-OH is 5. The normalized spacial score (nSPS) is 34.0. The summed E-state index contributed by atoms with van der Waals surface area (Å²) in [7, 11) is 2.44. The minimum absolute atomic E-state index is 0.0152. The van der Waals surface area contributed by atoms with Crippen LogP contribution in [0.25, 0.3) is 0 Å². The van der Waals surface area contributed by atoms with Gasteiger partial charge in [-0.2, -0.15) is 0 Å². The van der Waals surface area contributed by atoms with Crippen LogP contribution in [-0.4, -0.2) is 123 Å². The lowest BCUT2D eigenvalue weighted by Crippen LogP contribution is -2.58. The Labute approximate surface area is 245 Å². The summed E-state index contributed by atoms with van der Waals surface area (Å²) in [6.45, 7) is -2.16. The summed E-state index contributed by atoms with van der Waals surface area (Å²) < 4.78 is 34.4. The third-order valence-corrected chi connectivity index (χ3v) is 7.98. The number of carbonyl (C=O) groups is 1. The Hall–Kier alpha value is -3.25. The molecule has 0 aromatic heterocycles. The number of rotatable bonds is 8. The van der Waals surface area contributed by atoms with Crippen molar-refractivity contribution in [2.45, 2.75) is 61.0 Å². The number of fused-ring (bicyclic) bond motifs is 1. The monoisotopic (exact) mass is 610 g/mol. The molecule has 0 amide bonds. The van der Waals surface area contributed by atoms with Crippen LogP contribution in [-0.2, 0) is 14.2 Å². The number of aromatic hydroxyl groups is 2. The minimum atomic E-state index is -2.08. The van der Waals surface area contributed by atoms with Crippen LogP contribution in [0.1, 0.15) is 40.1 Å². The Bertz CT molecular complexity index is 1330. The van der Waals surface area contributed by atoms with Crippen molar-refractivity contribution >= 4 is 5.78 Å². The largest absolute Gasteiger partial charge is 0.508 e. The highest BCUT2D eigenvalue weighted by atomic mass is 16.7. The molecule has 3 aliphatic heterocycles. The molecule has 0 bridgehead atoms. The van der Waals surface area contributed by atoms with Gasteiger partial charge in [0.25, 0.3) is 0 Å². The Kier molecular flexibility index (Phi) is 8.72. The molecule has 15 heteroatoms. The lowest BCUT2D eigenvalue weighted by atomic mass is 9.86. The fourth-order valence-electron chi connectivity index (χ4n) is 5.59. The second-order valence-electron chi connectivity index (χ2n) is 10.6. The Morgan fingerprint density at radius 1 is 1.00 bits per heavy atom. The second kappa shape index (κ2) is 12.0. The zero-order valence-corrected chi connectivity index (χ0v) is 23.2. The van der Waals surface area contributed by atoms with Gasteiger partial charge in [0.15, 0.2) is 23.6 Å². The van der Waals surface area contributed by atoms with E-state index in [1.807, 2.05) is 0 Å². The maximum atomic E-state index is 13.5. The first-order valence-electron chi connectivity index (χ1n) is 13.4. The zero-order chi connectivity index (χ0) is 31.2. The van der Waals surface area contributed by atoms with Crippen molar-refractivity contribution in [1.29, 1.82) is 0 Å². The van der Waals surface area contributed by atoms with Crippen LogP contribution in [0.3, 0.4) is 0 Å². The van der Waals surface area contributed by atoms with E-state index < -0.39 is 86.0 Å². The molecule has 0 aliphatic carbocycles. The summed E-state index contributed by atoms with van der Waals surface area (Å²) >= 11 is 0. The van der Waals surface area contributed by atoms with Gasteiger partial charge < -0.3 is 69.3 Å². The highest BCUT2D eigenvalue weighted by Gasteiger charge is 2.54. The fraction of sp³-hybridized carbons (Fsp3) is 0.536. The molecule has 2 aromatic carbocycles. The first kappa shape index (κ1) is 31.2. The maximum Gasteiger partial charge on any atom is 0.204 e. The molecule has 0 radical (unpaired) electrons. The quantitative estimate of drug-likeness (QED) is 0.175. The van der Waals surface area contributed by atoms with Gasteiger partial charge in [0.05, 0.1) is 46.0 Å². The summed E-state index contributed by atoms with van der Waals surface area (Å²) in [5.74, 6) is -1.89. The van der Waals surface area contributed by atoms with Gasteiger partial charge in [-0.05, 0) is 17.7 Å². The highest BCUT2D eigenvalue weighted by molar-refractivity contribution is 6.04. The molecule has 15 nitrogen and oxygen atoms in total. The van der Waals surface area contributed by atoms with Crippen molar-refractivity contribution in [3.05, 3.63) is 41.0 Å². The average molecular weight is 611 g/mol. The van der Waals surface area contributed by atoms with E-state index >= 15 is 0 Å². The molecule has 2 fully saturated rings. The first-order valence-corrected chi connectivity index (χ1v) is 13.4. The van der Waals surface area contributed by atoms with E-state index in [2.05, 4.69) is 0 Å². The predicted octanol–water partition coefficient (Wildman–Crippen LogP) is -1.20. The van der Waals surface area contributed by atoms with Crippen molar-refractivity contribution in [2.24, 2.45) is 0 Å². The molecule has 3 heterocycles. The molecule has 0 saturated carbocycles. The van der Waals surface area contributed by atoms with Gasteiger partial charge in [0, 0.05) is 0 Å². The Morgan fingerprint density at radius 3 is 2.26 bits per heavy atom. The van der Waals surface area contributed by atoms with Crippen molar-refractivity contribution in [3.8, 4) is 28.7 Å². The lowest BCUT2D eigenvalue weighted by molar-refractivity contribution is -0.287. The van der Waals surface area contributed by atoms with Gasteiger partial charge >= 0.3 is 0 Å². The number of Topliss-reactive ketones (excluding diaryl/α,β-unsaturated/α-hetero) is 1. The van der Waals surface area contributed by atoms with Gasteiger partial charge in [0.2, 0.25) is 5.75 Å². The number of benzene rings is 2. The summed E-state index contributed by atoms with van der Waals surface area (Å²) in [6.07, 6.45) is -12.7. The van der Waals surface area contributed by atoms with Gasteiger partial charge in [-0.1, -0.05) is 12.1 Å². The van der Waals surface area contributed by atoms with Crippen LogP contribution in [0, 0.1) is 0 Å². The number of carbonyl (C=O) groups excluding carboxylic acids is 1. The van der Waals surface area contributed by atoms with Crippen molar-refractivity contribution in [3.63, 3.8) is 0 Å². The van der Waals surface area contributed by atoms with Crippen molar-refractivity contribution in [2.75, 3.05) is 34.0 Å². The van der Waals surface area contributed by atoms with Crippen LogP contribution in [0.15, 0.2) is 24.3 Å². The van der Waals surface area contributed by atoms with Gasteiger partial charge in [0.1, 0.15) is 65.4 Å². The van der Waals surface area contributed by atoms with Crippen molar-refractivity contribution < 1.29 is 74.1 Å². The fourth-order valence-corrected chi connectivity index (χ4v) is 5.59. The summed E-state index contributed by atoms with van der Waals surface area (Å²) in [4.78, 5) is 13.5. The van der Waals surface area contributed by atoms with E-state index in [-0.39, 0.29) is 40.5 Å². The summed E-state index contributed by atoms with van der Waals surface area (Å²) in [5.41, 5.74) is -1.98. The molecule has 43 heavy (non-hydrogen) atoms. The van der Waals surface area contributed by atoms with Crippen molar-refractivity contribution in [1.82, 2.24) is 0 Å². The zero-order valence-electron chi connectivity index (χ0n) is 23.2. The van der Waals surface area contributed by atoms with E-state index in [1.54, 1.807) is 12.1 Å². The van der Waals surface area contributed by atoms with Gasteiger partial charge in [-0.25, -0.2) is 0 Å². The summed E-state index contributed by atoms with van der Waals surface area (Å²) in [6, 6.07) is 5.91. The number of ketones is 1. The second-order valence-corrected chi connectivity index (χ2v) is 10.6.